The van der Waals surface area contributed by atoms with Crippen molar-refractivity contribution < 1.29 is 14.3 Å². The molecular weight excluding hydrogens is 192 g/mol. The predicted molar refractivity (Wildman–Crippen MR) is 56.5 cm³/mol. The summed E-state index contributed by atoms with van der Waals surface area (Å²) in [5, 5.41) is 0. The van der Waals surface area contributed by atoms with Gasteiger partial charge in [0.2, 0.25) is 0 Å². The topological polar surface area (TPSA) is 43.4 Å². The molecule has 15 heavy (non-hydrogen) atoms. The summed E-state index contributed by atoms with van der Waals surface area (Å²) in [7, 11) is 1.29. The summed E-state index contributed by atoms with van der Waals surface area (Å²) in [6.45, 7) is 1.74. The minimum absolute atomic E-state index is 0.118. The Kier molecular flexibility index (Phi) is 4.03. The average Bonchev–Trinajstić information content (AvgIpc) is 2.30. The molecule has 3 heteroatoms. The van der Waals surface area contributed by atoms with Crippen molar-refractivity contribution in [2.75, 3.05) is 7.11 Å². The van der Waals surface area contributed by atoms with Crippen molar-refractivity contribution in [1.29, 1.82) is 0 Å². The second kappa shape index (κ2) is 5.29. The Morgan fingerprint density at radius 2 is 1.87 bits per heavy atom. The summed E-state index contributed by atoms with van der Waals surface area (Å²) in [5.74, 6) is -1.39. The highest BCUT2D eigenvalue weighted by Gasteiger charge is 2.27. The van der Waals surface area contributed by atoms with E-state index in [9.17, 15) is 9.59 Å². The highest BCUT2D eigenvalue weighted by molar-refractivity contribution is 6.04. The van der Waals surface area contributed by atoms with Crippen LogP contribution in [-0.2, 0) is 14.3 Å². The number of esters is 1. The molecule has 0 aromatic heterocycles. The lowest BCUT2D eigenvalue weighted by Crippen LogP contribution is -2.22. The average molecular weight is 206 g/mol. The molecule has 0 saturated carbocycles. The van der Waals surface area contributed by atoms with Crippen molar-refractivity contribution in [1.82, 2.24) is 0 Å². The van der Waals surface area contributed by atoms with Gasteiger partial charge in [-0.25, -0.2) is 0 Å². The van der Waals surface area contributed by atoms with E-state index >= 15 is 0 Å². The van der Waals surface area contributed by atoms with Gasteiger partial charge in [-0.2, -0.15) is 0 Å². The molecule has 0 amide bonds. The Hall–Kier alpha value is -1.64. The van der Waals surface area contributed by atoms with Crippen molar-refractivity contribution in [2.24, 2.45) is 0 Å². The Bertz CT molecular complexity index is 327. The zero-order chi connectivity index (χ0) is 11.3. The maximum atomic E-state index is 11.6. The van der Waals surface area contributed by atoms with Gasteiger partial charge in [0, 0.05) is 6.42 Å². The summed E-state index contributed by atoms with van der Waals surface area (Å²) >= 11 is 0. The molecule has 0 radical (unpaired) electrons. The highest BCUT2D eigenvalue weighted by Crippen LogP contribution is 2.19. The fourth-order valence-electron chi connectivity index (χ4n) is 1.42. The number of Topliss-reactive ketones (excluding diaryl/α,β-unsaturated/α-hetero) is 1. The lowest BCUT2D eigenvalue weighted by Gasteiger charge is -2.12. The molecule has 0 saturated heterocycles. The summed E-state index contributed by atoms with van der Waals surface area (Å²) < 4.78 is 4.63. The summed E-state index contributed by atoms with van der Waals surface area (Å²) in [6, 6.07) is 8.96. The van der Waals surface area contributed by atoms with E-state index in [2.05, 4.69) is 4.74 Å². The molecule has 80 valence electrons. The van der Waals surface area contributed by atoms with Gasteiger partial charge in [-0.3, -0.25) is 9.59 Å². The molecule has 0 N–H and O–H groups in total. The van der Waals surface area contributed by atoms with E-state index < -0.39 is 11.9 Å². The molecule has 1 rings (SSSR count). The van der Waals surface area contributed by atoms with Gasteiger partial charge in [-0.1, -0.05) is 37.3 Å². The molecule has 0 aliphatic carbocycles. The maximum Gasteiger partial charge on any atom is 0.320 e. The van der Waals surface area contributed by atoms with Crippen molar-refractivity contribution in [2.45, 2.75) is 19.3 Å². The van der Waals surface area contributed by atoms with Crippen LogP contribution >= 0.6 is 0 Å². The molecule has 0 aliphatic heterocycles. The molecule has 1 unspecified atom stereocenters. The first-order valence-corrected chi connectivity index (χ1v) is 4.86. The number of benzene rings is 1. The van der Waals surface area contributed by atoms with Crippen LogP contribution in [0.2, 0.25) is 0 Å². The molecule has 3 nitrogen and oxygen atoms in total. The first-order chi connectivity index (χ1) is 7.20. The van der Waals surface area contributed by atoms with E-state index in [1.165, 1.54) is 7.11 Å². The number of ketones is 1. The van der Waals surface area contributed by atoms with Crippen LogP contribution in [0.5, 0.6) is 0 Å². The summed E-state index contributed by atoms with van der Waals surface area (Å²) in [4.78, 5) is 23.1. The summed E-state index contributed by atoms with van der Waals surface area (Å²) in [6.07, 6.45) is 0.328. The molecule has 1 aromatic rings. The molecule has 0 spiro atoms. The van der Waals surface area contributed by atoms with Crippen LogP contribution in [0, 0.1) is 0 Å². The van der Waals surface area contributed by atoms with Gasteiger partial charge in [0.1, 0.15) is 5.92 Å². The van der Waals surface area contributed by atoms with Crippen molar-refractivity contribution >= 4 is 11.8 Å². The van der Waals surface area contributed by atoms with E-state index in [1.807, 2.05) is 6.07 Å². The normalized spacial score (nSPS) is 11.9. The lowest BCUT2D eigenvalue weighted by molar-refractivity contribution is -0.145. The van der Waals surface area contributed by atoms with Crippen LogP contribution in [0.1, 0.15) is 24.8 Å². The van der Waals surface area contributed by atoms with Gasteiger partial charge in [-0.05, 0) is 5.56 Å². The maximum absolute atomic E-state index is 11.6. The number of carbonyl (C=O) groups is 2. The van der Waals surface area contributed by atoms with Crippen LogP contribution in [0.15, 0.2) is 30.3 Å². The van der Waals surface area contributed by atoms with Gasteiger partial charge in [0.25, 0.3) is 0 Å². The Morgan fingerprint density at radius 1 is 1.27 bits per heavy atom. The fourth-order valence-corrected chi connectivity index (χ4v) is 1.42. The number of methoxy groups -OCH3 is 1. The Balaban J connectivity index is 3.02. The number of ether oxygens (including phenoxy) is 1. The Morgan fingerprint density at radius 3 is 2.33 bits per heavy atom. The van der Waals surface area contributed by atoms with Gasteiger partial charge < -0.3 is 4.74 Å². The second-order valence-electron chi connectivity index (χ2n) is 3.19. The zero-order valence-electron chi connectivity index (χ0n) is 8.90. The molecule has 1 atom stereocenters. The van der Waals surface area contributed by atoms with Crippen LogP contribution in [-0.4, -0.2) is 18.9 Å². The van der Waals surface area contributed by atoms with Gasteiger partial charge in [0.15, 0.2) is 5.78 Å². The van der Waals surface area contributed by atoms with Gasteiger partial charge in [0.05, 0.1) is 7.11 Å². The Labute approximate surface area is 89.1 Å². The number of hydrogen-bond donors (Lipinski definition) is 0. The van der Waals surface area contributed by atoms with E-state index in [0.29, 0.717) is 12.0 Å². The minimum atomic E-state index is -0.777. The molecule has 0 heterocycles. The summed E-state index contributed by atoms with van der Waals surface area (Å²) in [5.41, 5.74) is 0.691. The SMILES string of the molecule is CCC(=O)C(C(=O)OC)c1ccccc1. The molecule has 0 bridgehead atoms. The molecular formula is C12H14O3. The minimum Gasteiger partial charge on any atom is -0.468 e. The molecule has 0 aliphatic rings. The standard InChI is InChI=1S/C12H14O3/c1-3-10(13)11(12(14)15-2)9-7-5-4-6-8-9/h4-8,11H,3H2,1-2H3. The third kappa shape index (κ3) is 2.65. The zero-order valence-corrected chi connectivity index (χ0v) is 8.90. The largest absolute Gasteiger partial charge is 0.468 e. The predicted octanol–water partition coefficient (Wildman–Crippen LogP) is 1.92. The van der Waals surface area contributed by atoms with E-state index in [-0.39, 0.29) is 5.78 Å². The number of carbonyl (C=O) groups excluding carboxylic acids is 2. The van der Waals surface area contributed by atoms with Crippen molar-refractivity contribution in [3.63, 3.8) is 0 Å². The van der Waals surface area contributed by atoms with Gasteiger partial charge >= 0.3 is 5.97 Å². The third-order valence-electron chi connectivity index (χ3n) is 2.24. The van der Waals surface area contributed by atoms with Crippen LogP contribution in [0.25, 0.3) is 0 Å². The number of hydrogen-bond acceptors (Lipinski definition) is 3. The first-order valence-electron chi connectivity index (χ1n) is 4.86. The van der Waals surface area contributed by atoms with E-state index in [4.69, 9.17) is 0 Å². The van der Waals surface area contributed by atoms with E-state index in [0.717, 1.165) is 0 Å². The number of rotatable bonds is 4. The molecule has 1 aromatic carbocycles. The van der Waals surface area contributed by atoms with Crippen LogP contribution in [0.3, 0.4) is 0 Å². The van der Waals surface area contributed by atoms with Gasteiger partial charge in [-0.15, -0.1) is 0 Å². The quantitative estimate of drug-likeness (QED) is 0.558. The lowest BCUT2D eigenvalue weighted by atomic mass is 9.93. The fraction of sp³-hybridized carbons (Fsp3) is 0.333. The van der Waals surface area contributed by atoms with Crippen LogP contribution in [0.4, 0.5) is 0 Å². The monoisotopic (exact) mass is 206 g/mol. The smallest absolute Gasteiger partial charge is 0.320 e. The van der Waals surface area contributed by atoms with Crippen molar-refractivity contribution in [3.05, 3.63) is 35.9 Å². The van der Waals surface area contributed by atoms with Crippen LogP contribution < -0.4 is 0 Å². The molecule has 0 fully saturated rings. The van der Waals surface area contributed by atoms with E-state index in [1.54, 1.807) is 31.2 Å². The van der Waals surface area contributed by atoms with Crippen molar-refractivity contribution in [3.8, 4) is 0 Å². The second-order valence-corrected chi connectivity index (χ2v) is 3.19. The highest BCUT2D eigenvalue weighted by atomic mass is 16.5. The first kappa shape index (κ1) is 11.4. The third-order valence-corrected chi connectivity index (χ3v) is 2.24.